The van der Waals surface area contributed by atoms with Crippen LogP contribution in [0.1, 0.15) is 105 Å². The summed E-state index contributed by atoms with van der Waals surface area (Å²) in [5.74, 6) is -1.47. The molecule has 0 spiro atoms. The van der Waals surface area contributed by atoms with Crippen molar-refractivity contribution in [3.05, 3.63) is 0 Å². The van der Waals surface area contributed by atoms with Crippen LogP contribution in [0.4, 0.5) is 0 Å². The fraction of sp³-hybridized carbons (Fsp3) is 0.944. The van der Waals surface area contributed by atoms with Crippen molar-refractivity contribution in [1.82, 2.24) is 0 Å². The van der Waals surface area contributed by atoms with Gasteiger partial charge < -0.3 is 6.53 Å². The topological polar surface area (TPSA) is 91.7 Å². The molecule has 1 unspecified atom stereocenters. The van der Waals surface area contributed by atoms with E-state index < -0.39 is 21.3 Å². The van der Waals surface area contributed by atoms with Crippen molar-refractivity contribution in [2.75, 3.05) is 0 Å². The van der Waals surface area contributed by atoms with E-state index in [1.807, 2.05) is 0 Å². The van der Waals surface area contributed by atoms with Crippen molar-refractivity contribution in [2.45, 2.75) is 108 Å². The zero-order chi connectivity index (χ0) is 18.3. The Morgan fingerprint density at radius 3 is 1.40 bits per heavy atom. The average Bonchev–Trinajstić information content (AvgIpc) is 2.49. The zero-order valence-electron chi connectivity index (χ0n) is 17.2. The van der Waals surface area contributed by atoms with Gasteiger partial charge in [0.1, 0.15) is 0 Å². The Labute approximate surface area is 177 Å². The molecule has 0 saturated heterocycles. The van der Waals surface area contributed by atoms with Gasteiger partial charge in [0.15, 0.2) is 5.25 Å². The standard InChI is InChI=1S/C18H36O5S.Na.H/c1-2-3-4-5-6-7-8-9-10-11-12-13-14-15-16-17(18(19)20)24(21,22)23;;/h17H,2-16H2,1H3,(H,19,20)(H,21,22,23);;/q;+1;-1. The van der Waals surface area contributed by atoms with E-state index in [2.05, 4.69) is 6.92 Å². The number of carbonyl (C=O) groups is 1. The summed E-state index contributed by atoms with van der Waals surface area (Å²) in [5, 5.41) is 7.10. The first-order valence-corrected chi connectivity index (χ1v) is 11.1. The SMILES string of the molecule is CCCCCCCCCCCCCCCCC(C(=O)O)S(=O)(=O)O.[H-].[Na+]. The Hall–Kier alpha value is 0.380. The van der Waals surface area contributed by atoms with E-state index in [0.717, 1.165) is 19.3 Å². The molecule has 0 heterocycles. The summed E-state index contributed by atoms with van der Waals surface area (Å²) in [6, 6.07) is 0. The third-order valence-corrected chi connectivity index (χ3v) is 5.61. The molecule has 1 atom stereocenters. The van der Waals surface area contributed by atoms with Gasteiger partial charge in [-0.15, -0.1) is 0 Å². The predicted molar refractivity (Wildman–Crippen MR) is 99.0 cm³/mol. The van der Waals surface area contributed by atoms with E-state index in [9.17, 15) is 13.2 Å². The average molecular weight is 389 g/mol. The summed E-state index contributed by atoms with van der Waals surface area (Å²) in [7, 11) is -4.48. The van der Waals surface area contributed by atoms with Crippen molar-refractivity contribution in [3.63, 3.8) is 0 Å². The Kier molecular flexibility index (Phi) is 19.6. The molecule has 0 aromatic rings. The molecule has 25 heavy (non-hydrogen) atoms. The van der Waals surface area contributed by atoms with Crippen LogP contribution in [0.15, 0.2) is 0 Å². The maximum atomic E-state index is 10.9. The normalized spacial score (nSPS) is 12.6. The largest absolute Gasteiger partial charge is 1.00 e. The zero-order valence-corrected chi connectivity index (χ0v) is 19.0. The molecule has 0 radical (unpaired) electrons. The molecule has 7 heteroatoms. The first-order chi connectivity index (χ1) is 11.4. The van der Waals surface area contributed by atoms with Crippen molar-refractivity contribution in [2.24, 2.45) is 0 Å². The maximum Gasteiger partial charge on any atom is 1.00 e. The smallest absolute Gasteiger partial charge is 1.00 e. The predicted octanol–water partition coefficient (Wildman–Crippen LogP) is 2.32. The molecule has 0 aliphatic carbocycles. The minimum absolute atomic E-state index is 0. The van der Waals surface area contributed by atoms with Gasteiger partial charge in [-0.2, -0.15) is 8.42 Å². The van der Waals surface area contributed by atoms with Gasteiger partial charge in [-0.05, 0) is 6.42 Å². The van der Waals surface area contributed by atoms with E-state index in [1.165, 1.54) is 64.2 Å². The number of unbranched alkanes of at least 4 members (excludes halogenated alkanes) is 13. The summed E-state index contributed by atoms with van der Waals surface area (Å²) in [6.07, 6.45) is 16.6. The van der Waals surface area contributed by atoms with Gasteiger partial charge >= 0.3 is 35.5 Å². The van der Waals surface area contributed by atoms with Crippen LogP contribution in [0.2, 0.25) is 0 Å². The molecule has 5 nitrogen and oxygen atoms in total. The van der Waals surface area contributed by atoms with Gasteiger partial charge in [0.25, 0.3) is 10.1 Å². The fourth-order valence-corrected chi connectivity index (χ4v) is 3.64. The Morgan fingerprint density at radius 2 is 1.12 bits per heavy atom. The summed E-state index contributed by atoms with van der Waals surface area (Å²) >= 11 is 0. The summed E-state index contributed by atoms with van der Waals surface area (Å²) < 4.78 is 30.7. The maximum absolute atomic E-state index is 10.9. The first kappa shape index (κ1) is 27.6. The molecule has 0 aromatic carbocycles. The molecule has 0 fully saturated rings. The molecule has 0 aromatic heterocycles. The van der Waals surface area contributed by atoms with E-state index in [1.54, 1.807) is 0 Å². The van der Waals surface area contributed by atoms with Crippen molar-refractivity contribution in [1.29, 1.82) is 0 Å². The Morgan fingerprint density at radius 1 is 0.800 bits per heavy atom. The number of carboxylic acid groups (broad SMARTS) is 1. The molecule has 0 aliphatic rings. The van der Waals surface area contributed by atoms with Gasteiger partial charge in [-0.1, -0.05) is 96.8 Å². The fourth-order valence-electron chi connectivity index (χ4n) is 2.92. The summed E-state index contributed by atoms with van der Waals surface area (Å²) in [4.78, 5) is 10.8. The van der Waals surface area contributed by atoms with Crippen molar-refractivity contribution in [3.8, 4) is 0 Å². The van der Waals surface area contributed by atoms with Gasteiger partial charge in [0.2, 0.25) is 0 Å². The number of hydrogen-bond donors (Lipinski definition) is 2. The second-order valence-corrected chi connectivity index (χ2v) is 8.33. The van der Waals surface area contributed by atoms with Crippen LogP contribution in [0.5, 0.6) is 0 Å². The second-order valence-electron chi connectivity index (χ2n) is 6.73. The number of hydrogen-bond acceptors (Lipinski definition) is 3. The van der Waals surface area contributed by atoms with Crippen LogP contribution in [-0.4, -0.2) is 29.3 Å². The minimum Gasteiger partial charge on any atom is -1.00 e. The molecule has 0 saturated carbocycles. The molecule has 0 rings (SSSR count). The Bertz CT molecular complexity index is 418. The molecule has 2 N–H and O–H groups in total. The van der Waals surface area contributed by atoms with Crippen LogP contribution in [0, 0.1) is 0 Å². The monoisotopic (exact) mass is 388 g/mol. The summed E-state index contributed by atoms with van der Waals surface area (Å²) in [6.45, 7) is 2.24. The van der Waals surface area contributed by atoms with Crippen LogP contribution in [0.25, 0.3) is 0 Å². The third-order valence-electron chi connectivity index (χ3n) is 4.45. The van der Waals surface area contributed by atoms with Gasteiger partial charge in [-0.3, -0.25) is 9.35 Å². The third kappa shape index (κ3) is 17.5. The van der Waals surface area contributed by atoms with Gasteiger partial charge in [0, 0.05) is 0 Å². The van der Waals surface area contributed by atoms with Crippen LogP contribution >= 0.6 is 0 Å². The molecule has 0 aliphatic heterocycles. The van der Waals surface area contributed by atoms with Crippen LogP contribution < -0.4 is 29.6 Å². The molecule has 146 valence electrons. The summed E-state index contributed by atoms with van der Waals surface area (Å²) in [5.41, 5.74) is 0. The van der Waals surface area contributed by atoms with E-state index in [-0.39, 0.29) is 37.4 Å². The van der Waals surface area contributed by atoms with Crippen molar-refractivity contribution >= 4 is 16.1 Å². The number of aliphatic carboxylic acids is 1. The van der Waals surface area contributed by atoms with Crippen LogP contribution in [0.3, 0.4) is 0 Å². The van der Waals surface area contributed by atoms with Gasteiger partial charge in [-0.25, -0.2) is 0 Å². The first-order valence-electron chi connectivity index (χ1n) is 9.58. The van der Waals surface area contributed by atoms with E-state index >= 15 is 0 Å². The second kappa shape index (κ2) is 17.8. The molecule has 0 bridgehead atoms. The van der Waals surface area contributed by atoms with Crippen molar-refractivity contribution < 1.29 is 53.9 Å². The minimum atomic E-state index is -4.48. The van der Waals surface area contributed by atoms with Gasteiger partial charge in [0.05, 0.1) is 0 Å². The van der Waals surface area contributed by atoms with Crippen LogP contribution in [-0.2, 0) is 14.9 Å². The van der Waals surface area contributed by atoms with E-state index in [0.29, 0.717) is 6.42 Å². The Balaban J connectivity index is -0.00000264. The quantitative estimate of drug-likeness (QED) is 0.227. The molecule has 0 amide bonds. The molecular formula is C18H37NaO5S. The van der Waals surface area contributed by atoms with E-state index in [4.69, 9.17) is 9.66 Å². The molecular weight excluding hydrogens is 351 g/mol. The number of rotatable bonds is 17. The number of carboxylic acids is 1.